The molecule has 0 bridgehead atoms. The van der Waals surface area contributed by atoms with Crippen LogP contribution in [-0.2, 0) is 11.2 Å². The van der Waals surface area contributed by atoms with Gasteiger partial charge in [0.15, 0.2) is 0 Å². The third-order valence-electron chi connectivity index (χ3n) is 3.77. The zero-order valence-electron chi connectivity index (χ0n) is 12.4. The molecule has 0 spiro atoms. The number of halogens is 1. The normalized spacial score (nSPS) is 18.3. The fourth-order valence-corrected chi connectivity index (χ4v) is 2.87. The third-order valence-corrected chi connectivity index (χ3v) is 3.77. The van der Waals surface area contributed by atoms with Gasteiger partial charge < -0.3 is 15.4 Å². The van der Waals surface area contributed by atoms with Gasteiger partial charge in [-0.25, -0.2) is 4.39 Å². The van der Waals surface area contributed by atoms with Gasteiger partial charge in [0.2, 0.25) is 0 Å². The number of nitrogens with two attached hydrogens (primary N) is 1. The molecule has 20 heavy (non-hydrogen) atoms. The third kappa shape index (κ3) is 3.93. The van der Waals surface area contributed by atoms with Crippen molar-refractivity contribution in [1.29, 1.82) is 0 Å². The van der Waals surface area contributed by atoms with Gasteiger partial charge in [-0.3, -0.25) is 0 Å². The Morgan fingerprint density at radius 2 is 2.10 bits per heavy atom. The Hall–Kier alpha value is -1.13. The summed E-state index contributed by atoms with van der Waals surface area (Å²) in [6.07, 6.45) is 3.14. The monoisotopic (exact) mass is 280 g/mol. The molecule has 1 unspecified atom stereocenters. The van der Waals surface area contributed by atoms with Gasteiger partial charge in [-0.15, -0.1) is 0 Å². The van der Waals surface area contributed by atoms with E-state index in [9.17, 15) is 4.39 Å². The number of hydrogen-bond donors (Lipinski definition) is 1. The number of nitrogens with zero attached hydrogens (tertiary/aromatic N) is 1. The highest BCUT2D eigenvalue weighted by molar-refractivity contribution is 5.54. The Kier molecular flexibility index (Phi) is 5.38. The molecule has 112 valence electrons. The van der Waals surface area contributed by atoms with E-state index in [-0.39, 0.29) is 11.9 Å². The number of ether oxygens (including phenoxy) is 1. The molecule has 4 heteroatoms. The Labute approximate surface area is 120 Å². The van der Waals surface area contributed by atoms with Gasteiger partial charge in [0.25, 0.3) is 0 Å². The highest BCUT2D eigenvalue weighted by Crippen LogP contribution is 2.26. The Morgan fingerprint density at radius 1 is 1.40 bits per heavy atom. The molecule has 2 rings (SSSR count). The lowest BCUT2D eigenvalue weighted by molar-refractivity contribution is 0.0459. The van der Waals surface area contributed by atoms with E-state index in [0.29, 0.717) is 12.5 Å². The van der Waals surface area contributed by atoms with Crippen molar-refractivity contribution < 1.29 is 9.13 Å². The summed E-state index contributed by atoms with van der Waals surface area (Å²) in [6.45, 7) is 6.69. The summed E-state index contributed by atoms with van der Waals surface area (Å²) in [4.78, 5) is 2.33. The van der Waals surface area contributed by atoms with Crippen LogP contribution in [0, 0.1) is 5.82 Å². The van der Waals surface area contributed by atoms with Crippen molar-refractivity contribution in [2.75, 3.05) is 24.6 Å². The molecule has 1 aromatic rings. The van der Waals surface area contributed by atoms with E-state index in [4.69, 9.17) is 10.5 Å². The zero-order valence-corrected chi connectivity index (χ0v) is 12.4. The van der Waals surface area contributed by atoms with Crippen LogP contribution in [0.25, 0.3) is 0 Å². The van der Waals surface area contributed by atoms with Gasteiger partial charge in [-0.05, 0) is 56.9 Å². The fraction of sp³-hybridized carbons (Fsp3) is 0.625. The van der Waals surface area contributed by atoms with E-state index in [0.717, 1.165) is 43.8 Å². The molecule has 1 aliphatic rings. The van der Waals surface area contributed by atoms with Crippen LogP contribution in [-0.4, -0.2) is 31.8 Å². The van der Waals surface area contributed by atoms with Crippen LogP contribution in [0.15, 0.2) is 18.2 Å². The summed E-state index contributed by atoms with van der Waals surface area (Å²) in [6, 6.07) is 5.08. The standard InChI is InChI=1S/C16H25FN2O/c1-3-20-15-6-8-19(9-7-15)16-5-4-14(17)11-13(16)10-12(2)18/h4-5,11-12,15H,3,6-10,18H2,1-2H3. The Morgan fingerprint density at radius 3 is 2.70 bits per heavy atom. The highest BCUT2D eigenvalue weighted by atomic mass is 19.1. The molecule has 1 saturated heterocycles. The van der Waals surface area contributed by atoms with E-state index < -0.39 is 0 Å². The number of anilines is 1. The quantitative estimate of drug-likeness (QED) is 0.901. The summed E-state index contributed by atoms with van der Waals surface area (Å²) >= 11 is 0. The van der Waals surface area contributed by atoms with Gasteiger partial charge in [0.05, 0.1) is 6.10 Å². The van der Waals surface area contributed by atoms with Gasteiger partial charge in [0.1, 0.15) is 5.82 Å². The molecular weight excluding hydrogens is 255 g/mol. The summed E-state index contributed by atoms with van der Waals surface area (Å²) in [5.74, 6) is -0.186. The minimum absolute atomic E-state index is 0.0384. The van der Waals surface area contributed by atoms with E-state index in [1.165, 1.54) is 6.07 Å². The first-order chi connectivity index (χ1) is 9.60. The van der Waals surface area contributed by atoms with Crippen LogP contribution in [0.4, 0.5) is 10.1 Å². The summed E-state index contributed by atoms with van der Waals surface area (Å²) < 4.78 is 19.1. The molecule has 1 aliphatic heterocycles. The van der Waals surface area contributed by atoms with Crippen molar-refractivity contribution in [3.63, 3.8) is 0 Å². The molecule has 0 aromatic heterocycles. The van der Waals surface area contributed by atoms with Crippen molar-refractivity contribution in [3.05, 3.63) is 29.6 Å². The Balaban J connectivity index is 2.09. The minimum atomic E-state index is -0.186. The number of rotatable bonds is 5. The summed E-state index contributed by atoms with van der Waals surface area (Å²) in [7, 11) is 0. The number of benzene rings is 1. The maximum atomic E-state index is 13.4. The van der Waals surface area contributed by atoms with Gasteiger partial charge in [0, 0.05) is 31.4 Å². The average molecular weight is 280 g/mol. The van der Waals surface area contributed by atoms with Gasteiger partial charge in [-0.2, -0.15) is 0 Å². The molecular formula is C16H25FN2O. The first-order valence-corrected chi connectivity index (χ1v) is 7.50. The van der Waals surface area contributed by atoms with Crippen molar-refractivity contribution in [3.8, 4) is 0 Å². The average Bonchev–Trinajstić information content (AvgIpc) is 2.40. The molecule has 2 N–H and O–H groups in total. The van der Waals surface area contributed by atoms with Crippen molar-refractivity contribution in [2.45, 2.75) is 45.3 Å². The second-order valence-corrected chi connectivity index (χ2v) is 5.60. The molecule has 1 heterocycles. The first kappa shape index (κ1) is 15.3. The van der Waals surface area contributed by atoms with Crippen LogP contribution in [0.1, 0.15) is 32.3 Å². The van der Waals surface area contributed by atoms with E-state index in [1.807, 2.05) is 19.9 Å². The second kappa shape index (κ2) is 7.04. The molecule has 0 aliphatic carbocycles. The van der Waals surface area contributed by atoms with Crippen LogP contribution in [0.5, 0.6) is 0 Å². The molecule has 0 radical (unpaired) electrons. The molecule has 1 fully saturated rings. The lowest BCUT2D eigenvalue weighted by atomic mass is 10.0. The van der Waals surface area contributed by atoms with E-state index >= 15 is 0 Å². The SMILES string of the molecule is CCOC1CCN(c2ccc(F)cc2CC(C)N)CC1. The second-order valence-electron chi connectivity index (χ2n) is 5.60. The topological polar surface area (TPSA) is 38.5 Å². The van der Waals surface area contributed by atoms with Gasteiger partial charge >= 0.3 is 0 Å². The lowest BCUT2D eigenvalue weighted by Gasteiger charge is -2.34. The number of hydrogen-bond acceptors (Lipinski definition) is 3. The van der Waals surface area contributed by atoms with Gasteiger partial charge in [-0.1, -0.05) is 0 Å². The largest absolute Gasteiger partial charge is 0.378 e. The minimum Gasteiger partial charge on any atom is -0.378 e. The highest BCUT2D eigenvalue weighted by Gasteiger charge is 2.21. The molecule has 3 nitrogen and oxygen atoms in total. The zero-order chi connectivity index (χ0) is 14.5. The van der Waals surface area contributed by atoms with Crippen molar-refractivity contribution in [1.82, 2.24) is 0 Å². The van der Waals surface area contributed by atoms with Crippen molar-refractivity contribution >= 4 is 5.69 Å². The smallest absolute Gasteiger partial charge is 0.123 e. The molecule has 0 amide bonds. The molecule has 1 aromatic carbocycles. The molecule has 1 atom stereocenters. The van der Waals surface area contributed by atoms with E-state index in [1.54, 1.807) is 6.07 Å². The van der Waals surface area contributed by atoms with E-state index in [2.05, 4.69) is 4.90 Å². The van der Waals surface area contributed by atoms with Crippen LogP contribution < -0.4 is 10.6 Å². The summed E-state index contributed by atoms with van der Waals surface area (Å²) in [5.41, 5.74) is 8.01. The van der Waals surface area contributed by atoms with Crippen LogP contribution >= 0.6 is 0 Å². The Bertz CT molecular complexity index is 428. The lowest BCUT2D eigenvalue weighted by Crippen LogP contribution is -2.37. The fourth-order valence-electron chi connectivity index (χ4n) is 2.87. The first-order valence-electron chi connectivity index (χ1n) is 7.50. The maximum Gasteiger partial charge on any atom is 0.123 e. The summed E-state index contributed by atoms with van der Waals surface area (Å²) in [5, 5.41) is 0. The van der Waals surface area contributed by atoms with Crippen molar-refractivity contribution in [2.24, 2.45) is 5.73 Å². The van der Waals surface area contributed by atoms with Crippen LogP contribution in [0.3, 0.4) is 0 Å². The predicted molar refractivity (Wildman–Crippen MR) is 80.6 cm³/mol. The predicted octanol–water partition coefficient (Wildman–Crippen LogP) is 2.72. The maximum absolute atomic E-state index is 13.4. The molecule has 0 saturated carbocycles. The van der Waals surface area contributed by atoms with Crippen LogP contribution in [0.2, 0.25) is 0 Å². The number of piperidine rings is 1.